The van der Waals surface area contributed by atoms with Gasteiger partial charge in [0.15, 0.2) is 0 Å². The molecule has 32 heavy (non-hydrogen) atoms. The number of anilines is 1. The number of nitrogens with zero attached hydrogens (tertiary/aromatic N) is 3. The first-order chi connectivity index (χ1) is 14.9. The molecule has 1 aromatic heterocycles. The fraction of sp³-hybridized carbons (Fsp3) is 0.200. The van der Waals surface area contributed by atoms with Crippen LogP contribution in [0, 0.1) is 0 Å². The maximum atomic E-state index is 13.2. The first-order valence-corrected chi connectivity index (χ1v) is 10.5. The third kappa shape index (κ3) is 4.60. The van der Waals surface area contributed by atoms with Gasteiger partial charge in [-0.15, -0.1) is 0 Å². The van der Waals surface area contributed by atoms with E-state index in [9.17, 15) is 26.4 Å². The van der Waals surface area contributed by atoms with Gasteiger partial charge in [-0.1, -0.05) is 0 Å². The molecule has 0 atom stereocenters. The van der Waals surface area contributed by atoms with Crippen molar-refractivity contribution < 1.29 is 31.1 Å². The topological polar surface area (TPSA) is 93.5 Å². The van der Waals surface area contributed by atoms with E-state index in [1.165, 1.54) is 56.5 Å². The Hall–Kier alpha value is -3.38. The summed E-state index contributed by atoms with van der Waals surface area (Å²) in [4.78, 5) is 12.6. The molecular formula is C20H19F3N4O4S. The van der Waals surface area contributed by atoms with Crippen LogP contribution in [0.2, 0.25) is 0 Å². The quantitative estimate of drug-likeness (QED) is 0.599. The Kier molecular flexibility index (Phi) is 6.28. The van der Waals surface area contributed by atoms with E-state index in [2.05, 4.69) is 10.4 Å². The van der Waals surface area contributed by atoms with Gasteiger partial charge >= 0.3 is 6.18 Å². The van der Waals surface area contributed by atoms with Gasteiger partial charge in [-0.2, -0.15) is 18.3 Å². The molecule has 0 aliphatic carbocycles. The molecule has 3 rings (SSSR count). The average Bonchev–Trinajstić information content (AvgIpc) is 3.27. The van der Waals surface area contributed by atoms with Crippen LogP contribution in [0.5, 0.6) is 5.75 Å². The lowest BCUT2D eigenvalue weighted by Crippen LogP contribution is -2.23. The number of amides is 1. The SMILES string of the molecule is COc1ccc(C(=O)Nc2cc(C(F)(F)F)ccc2-n2cccn2)cc1S(=O)(=O)N(C)C. The summed E-state index contributed by atoms with van der Waals surface area (Å²) in [6, 6.07) is 8.13. The van der Waals surface area contributed by atoms with E-state index in [4.69, 9.17) is 4.74 Å². The Labute approximate surface area is 182 Å². The van der Waals surface area contributed by atoms with Gasteiger partial charge in [0.1, 0.15) is 10.6 Å². The molecule has 170 valence electrons. The molecule has 0 aliphatic heterocycles. The molecule has 0 radical (unpaired) electrons. The number of alkyl halides is 3. The second-order valence-electron chi connectivity index (χ2n) is 6.79. The number of benzene rings is 2. The van der Waals surface area contributed by atoms with Gasteiger partial charge in [0.25, 0.3) is 5.91 Å². The van der Waals surface area contributed by atoms with Crippen LogP contribution in [0.15, 0.2) is 59.8 Å². The van der Waals surface area contributed by atoms with Gasteiger partial charge in [0.2, 0.25) is 10.0 Å². The molecule has 0 saturated heterocycles. The number of aromatic nitrogens is 2. The monoisotopic (exact) mass is 468 g/mol. The second-order valence-corrected chi connectivity index (χ2v) is 8.91. The minimum atomic E-state index is -4.63. The van der Waals surface area contributed by atoms with Crippen LogP contribution >= 0.6 is 0 Å². The van der Waals surface area contributed by atoms with E-state index < -0.39 is 27.7 Å². The highest BCUT2D eigenvalue weighted by Crippen LogP contribution is 2.34. The van der Waals surface area contributed by atoms with Gasteiger partial charge < -0.3 is 10.1 Å². The molecule has 0 bridgehead atoms. The minimum Gasteiger partial charge on any atom is -0.495 e. The lowest BCUT2D eigenvalue weighted by molar-refractivity contribution is -0.137. The fourth-order valence-electron chi connectivity index (χ4n) is 2.83. The number of ether oxygens (including phenoxy) is 1. The summed E-state index contributed by atoms with van der Waals surface area (Å²) in [7, 11) is -0.0324. The summed E-state index contributed by atoms with van der Waals surface area (Å²) in [5.74, 6) is -0.790. The first kappa shape index (κ1) is 23.3. The van der Waals surface area contributed by atoms with Crippen molar-refractivity contribution in [3.63, 3.8) is 0 Å². The summed E-state index contributed by atoms with van der Waals surface area (Å²) >= 11 is 0. The highest BCUT2D eigenvalue weighted by atomic mass is 32.2. The number of rotatable bonds is 6. The third-order valence-electron chi connectivity index (χ3n) is 4.51. The number of carbonyl (C=O) groups excluding carboxylic acids is 1. The Bertz CT molecular complexity index is 1240. The number of carbonyl (C=O) groups is 1. The number of sulfonamides is 1. The van der Waals surface area contributed by atoms with Crippen molar-refractivity contribution in [2.45, 2.75) is 11.1 Å². The van der Waals surface area contributed by atoms with E-state index in [1.54, 1.807) is 6.07 Å². The average molecular weight is 468 g/mol. The van der Waals surface area contributed by atoms with Crippen LogP contribution in [0.1, 0.15) is 15.9 Å². The molecule has 0 fully saturated rings. The third-order valence-corrected chi connectivity index (χ3v) is 6.34. The lowest BCUT2D eigenvalue weighted by Gasteiger charge is -2.17. The van der Waals surface area contributed by atoms with Crippen LogP contribution in [-0.2, 0) is 16.2 Å². The smallest absolute Gasteiger partial charge is 0.416 e. The lowest BCUT2D eigenvalue weighted by atomic mass is 10.1. The van der Waals surface area contributed by atoms with Crippen molar-refractivity contribution in [1.29, 1.82) is 0 Å². The van der Waals surface area contributed by atoms with Crippen molar-refractivity contribution in [2.24, 2.45) is 0 Å². The molecule has 0 aliphatic rings. The molecule has 1 amide bonds. The van der Waals surface area contributed by atoms with Crippen molar-refractivity contribution in [3.8, 4) is 11.4 Å². The Morgan fingerprint density at radius 2 is 1.88 bits per heavy atom. The Balaban J connectivity index is 2.05. The van der Waals surface area contributed by atoms with Gasteiger partial charge in [0, 0.05) is 32.1 Å². The van der Waals surface area contributed by atoms with Crippen molar-refractivity contribution in [2.75, 3.05) is 26.5 Å². The van der Waals surface area contributed by atoms with Crippen molar-refractivity contribution in [3.05, 3.63) is 66.0 Å². The predicted octanol–water partition coefficient (Wildman–Crippen LogP) is 3.40. The van der Waals surface area contributed by atoms with Crippen molar-refractivity contribution in [1.82, 2.24) is 14.1 Å². The molecule has 8 nitrogen and oxygen atoms in total. The zero-order valence-corrected chi connectivity index (χ0v) is 18.0. The van der Waals surface area contributed by atoms with Gasteiger partial charge in [-0.05, 0) is 42.5 Å². The minimum absolute atomic E-state index is 0.0200. The maximum absolute atomic E-state index is 13.2. The molecule has 0 unspecified atom stereocenters. The van der Waals surface area contributed by atoms with Crippen LogP contribution in [0.25, 0.3) is 5.69 Å². The summed E-state index contributed by atoms with van der Waals surface area (Å²) in [6.07, 6.45) is -1.69. The number of hydrogen-bond donors (Lipinski definition) is 1. The van der Waals surface area contributed by atoms with Gasteiger partial charge in [0.05, 0.1) is 24.0 Å². The number of methoxy groups -OCH3 is 1. The molecule has 1 N–H and O–H groups in total. The van der Waals surface area contributed by atoms with Crippen molar-refractivity contribution >= 4 is 21.6 Å². The second kappa shape index (κ2) is 8.63. The molecular weight excluding hydrogens is 449 g/mol. The highest BCUT2D eigenvalue weighted by Gasteiger charge is 2.31. The number of hydrogen-bond acceptors (Lipinski definition) is 5. The molecule has 12 heteroatoms. The van der Waals surface area contributed by atoms with E-state index in [0.29, 0.717) is 0 Å². The molecule has 1 heterocycles. The molecule has 3 aromatic rings. The van der Waals surface area contributed by atoms with Crippen LogP contribution in [0.4, 0.5) is 18.9 Å². The molecule has 0 spiro atoms. The van der Waals surface area contributed by atoms with Crippen LogP contribution < -0.4 is 10.1 Å². The van der Waals surface area contributed by atoms with E-state index in [1.807, 2.05) is 0 Å². The summed E-state index contributed by atoms with van der Waals surface area (Å²) in [5, 5.41) is 6.41. The van der Waals surface area contributed by atoms with E-state index in [0.717, 1.165) is 22.5 Å². The van der Waals surface area contributed by atoms with Crippen LogP contribution in [-0.4, -0.2) is 49.6 Å². The normalized spacial score (nSPS) is 12.1. The zero-order chi connectivity index (χ0) is 23.7. The van der Waals surface area contributed by atoms with Gasteiger partial charge in [-0.25, -0.2) is 17.4 Å². The molecule has 2 aromatic carbocycles. The first-order valence-electron chi connectivity index (χ1n) is 9.08. The summed E-state index contributed by atoms with van der Waals surface area (Å²) < 4.78 is 72.2. The van der Waals surface area contributed by atoms with E-state index >= 15 is 0 Å². The standard InChI is InChI=1S/C20H19F3N4O4S/c1-26(2)32(29,30)18-11-13(5-8-17(18)31-3)19(28)25-15-12-14(20(21,22)23)6-7-16(15)27-10-4-9-24-27/h4-12H,1-3H3,(H,25,28). The number of nitrogens with one attached hydrogen (secondary N) is 1. The highest BCUT2D eigenvalue weighted by molar-refractivity contribution is 7.89. The Morgan fingerprint density at radius 1 is 1.16 bits per heavy atom. The summed E-state index contributed by atoms with van der Waals surface area (Å²) in [6.45, 7) is 0. The fourth-order valence-corrected chi connectivity index (χ4v) is 3.91. The van der Waals surface area contributed by atoms with Gasteiger partial charge in [-0.3, -0.25) is 4.79 Å². The van der Waals surface area contributed by atoms with Crippen LogP contribution in [0.3, 0.4) is 0 Å². The zero-order valence-electron chi connectivity index (χ0n) is 17.2. The van der Waals surface area contributed by atoms with E-state index in [-0.39, 0.29) is 27.6 Å². The maximum Gasteiger partial charge on any atom is 0.416 e. The number of halogens is 3. The molecule has 0 saturated carbocycles. The summed E-state index contributed by atoms with van der Waals surface area (Å²) in [5.41, 5.74) is -1.00. The predicted molar refractivity (Wildman–Crippen MR) is 110 cm³/mol. The largest absolute Gasteiger partial charge is 0.495 e. The Morgan fingerprint density at radius 3 is 2.44 bits per heavy atom.